The smallest absolute Gasteiger partial charge is 0.246 e. The Hall–Kier alpha value is -1.88. The van der Waals surface area contributed by atoms with Gasteiger partial charge in [0.25, 0.3) is 0 Å². The number of likely N-dealkylation sites (tertiary alicyclic amines) is 1. The molecule has 0 unspecified atom stereocenters. The van der Waals surface area contributed by atoms with Crippen LogP contribution in [0.3, 0.4) is 0 Å². The van der Waals surface area contributed by atoms with Crippen LogP contribution in [0, 0.1) is 0 Å². The van der Waals surface area contributed by atoms with Gasteiger partial charge in [0, 0.05) is 19.9 Å². The number of hydrogen-bond donors (Lipinski definition) is 3. The molecular formula is C20H29AlN4O3. The Balaban J connectivity index is 2.06. The topological polar surface area (TPSA) is 105 Å². The predicted molar refractivity (Wildman–Crippen MR) is 108 cm³/mol. The second kappa shape index (κ2) is 11.2. The monoisotopic (exact) mass is 400 g/mol. The van der Waals surface area contributed by atoms with E-state index in [9.17, 15) is 14.4 Å². The van der Waals surface area contributed by atoms with E-state index in [1.54, 1.807) is 4.90 Å². The van der Waals surface area contributed by atoms with Crippen molar-refractivity contribution in [3.63, 3.8) is 0 Å². The van der Waals surface area contributed by atoms with Crippen LogP contribution in [0.2, 0.25) is 0 Å². The third-order valence-corrected chi connectivity index (χ3v) is 5.34. The van der Waals surface area contributed by atoms with Crippen LogP contribution in [0.4, 0.5) is 0 Å². The van der Waals surface area contributed by atoms with Gasteiger partial charge in [-0.15, -0.1) is 0 Å². The van der Waals surface area contributed by atoms with Gasteiger partial charge in [-0.3, -0.25) is 14.4 Å². The van der Waals surface area contributed by atoms with Crippen molar-refractivity contribution >= 4 is 34.0 Å². The largest absolute Gasteiger partial charge is 0.368 e. The van der Waals surface area contributed by atoms with Crippen molar-refractivity contribution in [2.75, 3.05) is 13.1 Å². The van der Waals surface area contributed by atoms with E-state index < -0.39 is 12.1 Å². The number of nitrogens with zero attached hydrogens (tertiary/aromatic N) is 1. The maximum Gasteiger partial charge on any atom is 0.246 e. The van der Waals surface area contributed by atoms with Crippen molar-refractivity contribution in [3.05, 3.63) is 35.9 Å². The lowest BCUT2D eigenvalue weighted by Gasteiger charge is -2.29. The lowest BCUT2D eigenvalue weighted by atomic mass is 10.0. The minimum absolute atomic E-state index is 0.0657. The van der Waals surface area contributed by atoms with Gasteiger partial charge in [-0.25, -0.2) is 0 Å². The predicted octanol–water partition coefficient (Wildman–Crippen LogP) is 0.0745. The number of carbonyl (C=O) groups is 3. The fourth-order valence-electron chi connectivity index (χ4n) is 3.49. The first-order valence-electron chi connectivity index (χ1n) is 9.80. The van der Waals surface area contributed by atoms with Gasteiger partial charge in [0.1, 0.15) is 12.1 Å². The van der Waals surface area contributed by atoms with E-state index in [2.05, 4.69) is 26.9 Å². The highest BCUT2D eigenvalue weighted by molar-refractivity contribution is 6.13. The van der Waals surface area contributed by atoms with Gasteiger partial charge in [0.05, 0.1) is 0 Å². The minimum atomic E-state index is -0.683. The van der Waals surface area contributed by atoms with Gasteiger partial charge in [-0.2, -0.15) is 0 Å². The average molecular weight is 400 g/mol. The third-order valence-electron chi connectivity index (χ3n) is 4.84. The van der Waals surface area contributed by atoms with Gasteiger partial charge in [0.2, 0.25) is 17.7 Å². The zero-order valence-electron chi connectivity index (χ0n) is 16.4. The Labute approximate surface area is 174 Å². The Kier molecular flexibility index (Phi) is 8.97. The van der Waals surface area contributed by atoms with Gasteiger partial charge in [-0.1, -0.05) is 30.3 Å². The molecule has 1 saturated heterocycles. The van der Waals surface area contributed by atoms with E-state index in [1.807, 2.05) is 30.3 Å². The number of amides is 3. The molecule has 0 aromatic heterocycles. The van der Waals surface area contributed by atoms with E-state index in [0.717, 1.165) is 24.8 Å². The van der Waals surface area contributed by atoms with Crippen molar-refractivity contribution in [3.8, 4) is 0 Å². The van der Waals surface area contributed by atoms with Gasteiger partial charge < -0.3 is 21.3 Å². The molecule has 0 bridgehead atoms. The molecule has 4 N–H and O–H groups in total. The van der Waals surface area contributed by atoms with Gasteiger partial charge in [-0.05, 0) is 42.7 Å². The van der Waals surface area contributed by atoms with Crippen LogP contribution in [0.5, 0.6) is 0 Å². The van der Waals surface area contributed by atoms with Gasteiger partial charge >= 0.3 is 0 Å². The quantitative estimate of drug-likeness (QED) is 0.511. The molecule has 2 rings (SSSR count). The molecule has 0 spiro atoms. The third kappa shape index (κ3) is 6.62. The van der Waals surface area contributed by atoms with E-state index in [0.29, 0.717) is 25.9 Å². The highest BCUT2D eigenvalue weighted by Crippen LogP contribution is 2.20. The number of benzene rings is 1. The number of hydrogen-bond acceptors (Lipinski definition) is 4. The summed E-state index contributed by atoms with van der Waals surface area (Å²) in [6, 6.07) is 8.37. The molecule has 3 atom stereocenters. The summed E-state index contributed by atoms with van der Waals surface area (Å²) in [5.74, 6) is -0.621. The Morgan fingerprint density at radius 2 is 1.96 bits per heavy atom. The number of nitrogens with one attached hydrogen (secondary N) is 2. The molecule has 1 fully saturated rings. The number of carbonyl (C=O) groups excluding carboxylic acids is 3. The molecule has 1 aromatic carbocycles. The lowest BCUT2D eigenvalue weighted by molar-refractivity contribution is -0.141. The van der Waals surface area contributed by atoms with Crippen molar-refractivity contribution in [1.82, 2.24) is 15.5 Å². The van der Waals surface area contributed by atoms with Crippen LogP contribution < -0.4 is 16.4 Å². The summed E-state index contributed by atoms with van der Waals surface area (Å²) in [5, 5.41) is 5.71. The highest BCUT2D eigenvalue weighted by atomic mass is 27.0. The van der Waals surface area contributed by atoms with Crippen LogP contribution in [0.25, 0.3) is 0 Å². The lowest BCUT2D eigenvalue weighted by Crippen LogP contribution is -2.55. The maximum atomic E-state index is 13.2. The summed E-state index contributed by atoms with van der Waals surface area (Å²) in [5.41, 5.74) is 6.48. The molecule has 150 valence electrons. The first kappa shape index (κ1) is 22.4. The Morgan fingerprint density at radius 3 is 2.61 bits per heavy atom. The fraction of sp³-hybridized carbons (Fsp3) is 0.550. The second-order valence-electron chi connectivity index (χ2n) is 7.18. The van der Waals surface area contributed by atoms with Crippen LogP contribution in [0.1, 0.15) is 38.2 Å². The molecule has 1 aliphatic rings. The summed E-state index contributed by atoms with van der Waals surface area (Å²) < 4.78 is 0. The van der Waals surface area contributed by atoms with E-state index in [1.165, 1.54) is 6.92 Å². The number of nitrogens with two attached hydrogens (primary N) is 1. The van der Waals surface area contributed by atoms with Crippen molar-refractivity contribution < 1.29 is 14.4 Å². The first-order valence-corrected chi connectivity index (χ1v) is 10.5. The molecule has 1 aliphatic heterocycles. The van der Waals surface area contributed by atoms with Crippen molar-refractivity contribution in [2.24, 2.45) is 5.73 Å². The van der Waals surface area contributed by atoms with Crippen LogP contribution >= 0.6 is 0 Å². The molecule has 0 aliphatic carbocycles. The second-order valence-corrected chi connectivity index (χ2v) is 7.98. The van der Waals surface area contributed by atoms with Crippen molar-refractivity contribution in [1.29, 1.82) is 0 Å². The van der Waals surface area contributed by atoms with Crippen molar-refractivity contribution in [2.45, 2.75) is 56.0 Å². The Morgan fingerprint density at radius 1 is 1.25 bits per heavy atom. The van der Waals surface area contributed by atoms with E-state index in [-0.39, 0.29) is 22.6 Å². The molecular weight excluding hydrogens is 371 g/mol. The molecule has 8 heteroatoms. The summed E-state index contributed by atoms with van der Waals surface area (Å²) in [4.78, 5) is 39.1. The number of rotatable bonds is 9. The summed E-state index contributed by atoms with van der Waals surface area (Å²) in [7, 11) is 0. The highest BCUT2D eigenvalue weighted by Gasteiger charge is 2.37. The fourth-order valence-corrected chi connectivity index (χ4v) is 3.89. The molecule has 0 saturated carbocycles. The zero-order chi connectivity index (χ0) is 20.5. The normalized spacial score (nSPS) is 18.4. The summed E-state index contributed by atoms with van der Waals surface area (Å²) >= 11 is 2.61. The molecule has 3 amide bonds. The molecule has 1 heterocycles. The van der Waals surface area contributed by atoms with Crippen LogP contribution in [-0.4, -0.2) is 69.0 Å². The molecule has 2 radical (unpaired) electrons. The van der Waals surface area contributed by atoms with Crippen LogP contribution in [0.15, 0.2) is 30.3 Å². The molecule has 7 nitrogen and oxygen atoms in total. The Bertz CT molecular complexity index is 671. The molecule has 28 heavy (non-hydrogen) atoms. The van der Waals surface area contributed by atoms with E-state index >= 15 is 0 Å². The van der Waals surface area contributed by atoms with Crippen LogP contribution in [-0.2, 0) is 20.8 Å². The minimum Gasteiger partial charge on any atom is -0.368 e. The van der Waals surface area contributed by atoms with Gasteiger partial charge in [0.15, 0.2) is 16.3 Å². The standard InChI is InChI=1S/C20H29N4O3.Al/c1-15(25)23-17(14-16-8-3-2-4-9-16)20(27)24-13-7-10-18(24)19(26)22-12-6-5-11-21;/h2-4,8-9,12,17-18H,5-7,10-11,13-14,21H2,1H3,(H,22,26)(H,23,25);/t17-,18+;/m1./s1. The average Bonchev–Trinajstić information content (AvgIpc) is 3.15. The summed E-state index contributed by atoms with van der Waals surface area (Å²) in [6.07, 6.45) is 3.39. The maximum absolute atomic E-state index is 13.2. The zero-order valence-corrected chi connectivity index (χ0v) is 17.5. The van der Waals surface area contributed by atoms with E-state index in [4.69, 9.17) is 5.73 Å². The summed E-state index contributed by atoms with van der Waals surface area (Å²) in [6.45, 7) is 2.49. The SMILES string of the molecule is CC(=O)N[C@H](Cc1ccccc1)C(=O)N1CCC[C@H]1C(=O)N[C@H]([Al])CCCN. The first-order chi connectivity index (χ1) is 13.4. The molecule has 1 aromatic rings.